The van der Waals surface area contributed by atoms with Gasteiger partial charge in [0.05, 0.1) is 17.4 Å². The zero-order chi connectivity index (χ0) is 21.4. The molecule has 0 amide bonds. The van der Waals surface area contributed by atoms with Crippen molar-refractivity contribution in [2.45, 2.75) is 18.6 Å². The fourth-order valence-corrected chi connectivity index (χ4v) is 2.38. The van der Waals surface area contributed by atoms with Crippen molar-refractivity contribution in [3.8, 4) is 5.75 Å². The first-order valence-electron chi connectivity index (χ1n) is 7.76. The van der Waals surface area contributed by atoms with Crippen molar-refractivity contribution >= 4 is 17.2 Å². The first-order valence-corrected chi connectivity index (χ1v) is 7.76. The van der Waals surface area contributed by atoms with Gasteiger partial charge in [-0.2, -0.15) is 26.3 Å². The van der Waals surface area contributed by atoms with Crippen molar-refractivity contribution in [2.75, 3.05) is 17.7 Å². The second-order valence-electron chi connectivity index (χ2n) is 5.70. The van der Waals surface area contributed by atoms with Crippen LogP contribution in [0.5, 0.6) is 5.75 Å². The Balaban J connectivity index is 1.93. The number of ether oxygens (including phenoxy) is 1. The molecule has 14 heteroatoms. The van der Waals surface area contributed by atoms with Crippen LogP contribution < -0.4 is 15.8 Å². The van der Waals surface area contributed by atoms with E-state index in [4.69, 9.17) is 5.73 Å². The van der Waals surface area contributed by atoms with Crippen molar-refractivity contribution in [3.63, 3.8) is 0 Å². The Morgan fingerprint density at radius 2 is 1.93 bits per heavy atom. The number of alkyl halides is 6. The lowest BCUT2D eigenvalue weighted by Crippen LogP contribution is -2.20. The average Bonchev–Trinajstić information content (AvgIpc) is 2.94. The lowest BCUT2D eigenvalue weighted by molar-refractivity contribution is -0.153. The molecule has 0 fully saturated rings. The van der Waals surface area contributed by atoms with E-state index in [1.807, 2.05) is 0 Å². The molecule has 0 aromatic carbocycles. The zero-order valence-electron chi connectivity index (χ0n) is 14.2. The number of anilines is 2. The van der Waals surface area contributed by atoms with E-state index < -0.39 is 30.9 Å². The summed E-state index contributed by atoms with van der Waals surface area (Å²) in [5.41, 5.74) is 3.58. The summed E-state index contributed by atoms with van der Waals surface area (Å²) in [6, 6.07) is 1.79. The average molecular weight is 422 g/mol. The van der Waals surface area contributed by atoms with Crippen LogP contribution in [0.4, 0.5) is 37.8 Å². The predicted octanol–water partition coefficient (Wildman–Crippen LogP) is 2.77. The van der Waals surface area contributed by atoms with Gasteiger partial charge in [-0.25, -0.2) is 9.50 Å². The molecule has 0 bridgehead atoms. The van der Waals surface area contributed by atoms with E-state index in [1.54, 1.807) is 0 Å². The van der Waals surface area contributed by atoms with Crippen LogP contribution in [-0.2, 0) is 6.18 Å². The molecule has 8 nitrogen and oxygen atoms in total. The topological polar surface area (TPSA) is 111 Å². The molecule has 3 rings (SSSR count). The molecule has 29 heavy (non-hydrogen) atoms. The highest BCUT2D eigenvalue weighted by atomic mass is 19.4. The molecule has 4 N–H and O–H groups in total. The number of fused-ring (bicyclic) bond motifs is 1. The quantitative estimate of drug-likeness (QED) is 0.428. The van der Waals surface area contributed by atoms with Crippen LogP contribution in [0.25, 0.3) is 5.65 Å². The number of nitrogen functional groups attached to an aromatic ring is 1. The third-order valence-corrected chi connectivity index (χ3v) is 3.58. The van der Waals surface area contributed by atoms with Crippen molar-refractivity contribution < 1.29 is 36.2 Å². The highest BCUT2D eigenvalue weighted by Crippen LogP contribution is 2.33. The Morgan fingerprint density at radius 1 is 1.21 bits per heavy atom. The van der Waals surface area contributed by atoms with Crippen LogP contribution in [0.2, 0.25) is 0 Å². The second kappa shape index (κ2) is 7.27. The number of pyridine rings is 1. The van der Waals surface area contributed by atoms with Crippen LogP contribution in [0.15, 0.2) is 30.7 Å². The van der Waals surface area contributed by atoms with Gasteiger partial charge in [0.15, 0.2) is 24.3 Å². The SMILES string of the molecule is Nc1nn2ccc(C(F)(F)F)nc2c1C(O)Nc1cnccc1OCC(F)(F)F. The van der Waals surface area contributed by atoms with Gasteiger partial charge in [0.1, 0.15) is 11.4 Å². The molecule has 0 aliphatic carbocycles. The molecular formula is C15H12F6N6O2. The number of nitrogens with zero attached hydrogens (tertiary/aromatic N) is 4. The van der Waals surface area contributed by atoms with E-state index in [2.05, 4.69) is 25.1 Å². The molecular weight excluding hydrogens is 410 g/mol. The Labute approximate surface area is 157 Å². The molecule has 3 heterocycles. The van der Waals surface area contributed by atoms with Gasteiger partial charge in [-0.05, 0) is 6.07 Å². The van der Waals surface area contributed by atoms with Gasteiger partial charge in [-0.3, -0.25) is 4.98 Å². The van der Waals surface area contributed by atoms with Gasteiger partial charge in [0.25, 0.3) is 0 Å². The van der Waals surface area contributed by atoms with Crippen molar-refractivity contribution in [2.24, 2.45) is 0 Å². The van der Waals surface area contributed by atoms with Crippen LogP contribution >= 0.6 is 0 Å². The largest absolute Gasteiger partial charge is 0.482 e. The Morgan fingerprint density at radius 3 is 2.59 bits per heavy atom. The molecule has 3 aromatic rings. The number of hydrogen-bond donors (Lipinski definition) is 3. The van der Waals surface area contributed by atoms with Crippen LogP contribution in [-0.4, -0.2) is 37.5 Å². The minimum atomic E-state index is -4.75. The summed E-state index contributed by atoms with van der Waals surface area (Å²) >= 11 is 0. The summed E-state index contributed by atoms with van der Waals surface area (Å²) in [6.45, 7) is -1.60. The highest BCUT2D eigenvalue weighted by Gasteiger charge is 2.34. The van der Waals surface area contributed by atoms with Gasteiger partial charge in [-0.1, -0.05) is 0 Å². The lowest BCUT2D eigenvalue weighted by Gasteiger charge is -2.17. The van der Waals surface area contributed by atoms with Crippen molar-refractivity contribution in [3.05, 3.63) is 42.0 Å². The molecule has 0 radical (unpaired) electrons. The summed E-state index contributed by atoms with van der Waals surface area (Å²) in [4.78, 5) is 7.12. The molecule has 0 aliphatic rings. The molecule has 3 aromatic heterocycles. The van der Waals surface area contributed by atoms with Crippen LogP contribution in [0.1, 0.15) is 17.5 Å². The molecule has 156 valence electrons. The van der Waals surface area contributed by atoms with E-state index in [0.717, 1.165) is 29.2 Å². The summed E-state index contributed by atoms with van der Waals surface area (Å²) in [6.07, 6.45) is -7.96. The maximum atomic E-state index is 12.9. The summed E-state index contributed by atoms with van der Waals surface area (Å²) in [7, 11) is 0. The second-order valence-corrected chi connectivity index (χ2v) is 5.70. The Kier molecular flexibility index (Phi) is 5.13. The van der Waals surface area contributed by atoms with Gasteiger partial charge in [0, 0.05) is 18.5 Å². The maximum absolute atomic E-state index is 12.9. The maximum Gasteiger partial charge on any atom is 0.433 e. The van der Waals surface area contributed by atoms with Crippen molar-refractivity contribution in [1.82, 2.24) is 19.6 Å². The summed E-state index contributed by atoms with van der Waals surface area (Å²) in [5, 5.41) is 16.6. The standard InChI is InChI=1S/C15H12F6N6O2/c16-14(17,18)6-29-8-1-3-23-5-7(8)24-13(28)10-11(22)26-27-4-2-9(15(19,20)21)25-12(10)27/h1-5,13,24,28H,6H2,(H2,22,26). The van der Waals surface area contributed by atoms with E-state index in [9.17, 15) is 31.4 Å². The van der Waals surface area contributed by atoms with Crippen LogP contribution in [0, 0.1) is 0 Å². The molecule has 0 saturated carbocycles. The summed E-state index contributed by atoms with van der Waals surface area (Å²) < 4.78 is 81.5. The third-order valence-electron chi connectivity index (χ3n) is 3.58. The Bertz CT molecular complexity index is 1020. The molecule has 0 spiro atoms. The van der Waals surface area contributed by atoms with E-state index in [-0.39, 0.29) is 28.5 Å². The first-order chi connectivity index (χ1) is 13.5. The molecule has 0 aliphatic heterocycles. The molecule has 1 atom stereocenters. The third kappa shape index (κ3) is 4.59. The molecule has 1 unspecified atom stereocenters. The lowest BCUT2D eigenvalue weighted by atomic mass is 10.2. The normalized spacial score (nSPS) is 13.5. The van der Waals surface area contributed by atoms with Crippen LogP contribution in [0.3, 0.4) is 0 Å². The Hall–Kier alpha value is -3.29. The highest BCUT2D eigenvalue weighted by molar-refractivity contribution is 5.64. The van der Waals surface area contributed by atoms with E-state index in [1.165, 1.54) is 0 Å². The first kappa shape index (κ1) is 20.4. The van der Waals surface area contributed by atoms with E-state index >= 15 is 0 Å². The number of nitrogens with two attached hydrogens (primary N) is 1. The number of halogens is 6. The zero-order valence-corrected chi connectivity index (χ0v) is 14.2. The summed E-state index contributed by atoms with van der Waals surface area (Å²) in [5.74, 6) is -0.631. The number of aliphatic hydroxyl groups is 1. The predicted molar refractivity (Wildman–Crippen MR) is 86.8 cm³/mol. The fourth-order valence-electron chi connectivity index (χ4n) is 2.38. The van der Waals surface area contributed by atoms with Crippen molar-refractivity contribution in [1.29, 1.82) is 0 Å². The van der Waals surface area contributed by atoms with Gasteiger partial charge >= 0.3 is 12.4 Å². The number of hydrogen-bond acceptors (Lipinski definition) is 7. The van der Waals surface area contributed by atoms with Gasteiger partial charge in [0.2, 0.25) is 0 Å². The number of aromatic nitrogens is 4. The fraction of sp³-hybridized carbons (Fsp3) is 0.267. The van der Waals surface area contributed by atoms with Gasteiger partial charge < -0.3 is 20.9 Å². The number of nitrogens with one attached hydrogen (secondary N) is 1. The number of rotatable bonds is 5. The minimum Gasteiger partial charge on any atom is -0.482 e. The monoisotopic (exact) mass is 422 g/mol. The number of aliphatic hydroxyl groups excluding tert-OH is 1. The molecule has 0 saturated heterocycles. The minimum absolute atomic E-state index is 0.157. The van der Waals surface area contributed by atoms with Gasteiger partial charge in [-0.15, -0.1) is 5.10 Å². The van der Waals surface area contributed by atoms with E-state index in [0.29, 0.717) is 6.07 Å². The smallest absolute Gasteiger partial charge is 0.433 e.